The zero-order valence-electron chi connectivity index (χ0n) is 10.5. The summed E-state index contributed by atoms with van der Waals surface area (Å²) in [7, 11) is 0. The van der Waals surface area contributed by atoms with Crippen molar-refractivity contribution in [1.29, 1.82) is 0 Å². The summed E-state index contributed by atoms with van der Waals surface area (Å²) in [6, 6.07) is 15.4. The van der Waals surface area contributed by atoms with Crippen molar-refractivity contribution in [3.05, 3.63) is 63.6 Å². The fraction of sp³-hybridized carbons (Fsp3) is 0.200. The largest absolute Gasteiger partial charge is 0.394 e. The molecule has 0 amide bonds. The maximum atomic E-state index is 9.76. The summed E-state index contributed by atoms with van der Waals surface area (Å²) in [4.78, 5) is 0. The van der Waals surface area contributed by atoms with Gasteiger partial charge in [-0.25, -0.2) is 0 Å². The molecule has 0 fully saturated rings. The molecule has 100 valence electrons. The van der Waals surface area contributed by atoms with E-state index < -0.39 is 5.54 Å². The molecule has 0 aliphatic heterocycles. The summed E-state index contributed by atoms with van der Waals surface area (Å²) >= 11 is 9.66. The summed E-state index contributed by atoms with van der Waals surface area (Å²) in [5, 5.41) is 13.7. The van der Waals surface area contributed by atoms with Crippen molar-refractivity contribution in [3.63, 3.8) is 0 Å². The highest BCUT2D eigenvalue weighted by molar-refractivity contribution is 9.10. The molecule has 2 N–H and O–H groups in total. The number of benzene rings is 2. The van der Waals surface area contributed by atoms with E-state index in [1.165, 1.54) is 0 Å². The molecule has 2 aromatic carbocycles. The molecule has 0 bridgehead atoms. The van der Waals surface area contributed by atoms with E-state index in [9.17, 15) is 5.11 Å². The van der Waals surface area contributed by atoms with Crippen molar-refractivity contribution in [2.24, 2.45) is 0 Å². The third-order valence-electron chi connectivity index (χ3n) is 3.03. The van der Waals surface area contributed by atoms with E-state index in [4.69, 9.17) is 11.6 Å². The smallest absolute Gasteiger partial charge is 0.0842 e. The average Bonchev–Trinajstić information content (AvgIpc) is 2.39. The number of nitrogens with one attached hydrogen (secondary N) is 1. The van der Waals surface area contributed by atoms with Gasteiger partial charge in [-0.15, -0.1) is 0 Å². The number of rotatable bonds is 4. The van der Waals surface area contributed by atoms with E-state index in [-0.39, 0.29) is 6.61 Å². The zero-order chi connectivity index (χ0) is 13.9. The summed E-state index contributed by atoms with van der Waals surface area (Å²) in [6.07, 6.45) is 0. The van der Waals surface area contributed by atoms with E-state index in [0.29, 0.717) is 5.02 Å². The summed E-state index contributed by atoms with van der Waals surface area (Å²) < 4.78 is 0.983. The van der Waals surface area contributed by atoms with Gasteiger partial charge in [-0.3, -0.25) is 0 Å². The highest BCUT2D eigenvalue weighted by atomic mass is 79.9. The van der Waals surface area contributed by atoms with E-state index in [2.05, 4.69) is 21.2 Å². The molecule has 0 spiro atoms. The predicted octanol–water partition coefficient (Wildman–Crippen LogP) is 4.42. The van der Waals surface area contributed by atoms with Gasteiger partial charge in [0.05, 0.1) is 12.1 Å². The Bertz CT molecular complexity index is 576. The lowest BCUT2D eigenvalue weighted by atomic mass is 9.92. The van der Waals surface area contributed by atoms with Gasteiger partial charge in [0.1, 0.15) is 0 Å². The SMILES string of the molecule is CC(CO)(Nc1cccc(Br)c1)c1ccccc1Cl. The third-order valence-corrected chi connectivity index (χ3v) is 3.85. The molecule has 1 atom stereocenters. The first-order valence-corrected chi connectivity index (χ1v) is 7.12. The Morgan fingerprint density at radius 2 is 1.95 bits per heavy atom. The zero-order valence-corrected chi connectivity index (χ0v) is 12.9. The van der Waals surface area contributed by atoms with E-state index >= 15 is 0 Å². The van der Waals surface area contributed by atoms with Crippen LogP contribution in [-0.4, -0.2) is 11.7 Å². The first kappa shape index (κ1) is 14.4. The lowest BCUT2D eigenvalue weighted by Gasteiger charge is -2.31. The molecule has 0 aliphatic carbocycles. The average molecular weight is 341 g/mol. The molecule has 19 heavy (non-hydrogen) atoms. The third kappa shape index (κ3) is 3.30. The van der Waals surface area contributed by atoms with Crippen LogP contribution in [0.15, 0.2) is 53.0 Å². The van der Waals surface area contributed by atoms with Crippen LogP contribution in [0.3, 0.4) is 0 Å². The van der Waals surface area contributed by atoms with E-state index in [1.54, 1.807) is 0 Å². The predicted molar refractivity (Wildman–Crippen MR) is 83.7 cm³/mol. The molecule has 0 aliphatic rings. The molecule has 0 radical (unpaired) electrons. The molecule has 0 saturated carbocycles. The molecular formula is C15H15BrClNO. The van der Waals surface area contributed by atoms with Gasteiger partial charge in [-0.05, 0) is 36.8 Å². The van der Waals surface area contributed by atoms with Gasteiger partial charge in [-0.1, -0.05) is 51.8 Å². The van der Waals surface area contributed by atoms with Crippen molar-refractivity contribution < 1.29 is 5.11 Å². The molecular weight excluding hydrogens is 326 g/mol. The summed E-state index contributed by atoms with van der Waals surface area (Å²) in [5.41, 5.74) is 1.17. The Labute approximate surface area is 126 Å². The molecule has 0 saturated heterocycles. The number of hydrogen-bond donors (Lipinski definition) is 2. The molecule has 2 nitrogen and oxygen atoms in total. The number of hydrogen-bond acceptors (Lipinski definition) is 2. The number of anilines is 1. The summed E-state index contributed by atoms with van der Waals surface area (Å²) in [6.45, 7) is 1.87. The Kier molecular flexibility index (Phi) is 4.50. The van der Waals surface area contributed by atoms with Gasteiger partial charge in [0.25, 0.3) is 0 Å². The standard InChI is InChI=1S/C15H15BrClNO/c1-15(10-19,13-7-2-3-8-14(13)17)18-12-6-4-5-11(16)9-12/h2-9,18-19H,10H2,1H3. The second-order valence-electron chi connectivity index (χ2n) is 4.61. The number of aliphatic hydroxyl groups is 1. The van der Waals surface area contributed by atoms with Crippen LogP contribution in [0.2, 0.25) is 5.02 Å². The van der Waals surface area contributed by atoms with Crippen molar-refractivity contribution in [1.82, 2.24) is 0 Å². The first-order chi connectivity index (χ1) is 9.05. The number of aliphatic hydroxyl groups excluding tert-OH is 1. The van der Waals surface area contributed by atoms with Crippen LogP contribution in [0, 0.1) is 0 Å². The van der Waals surface area contributed by atoms with Gasteiger partial charge < -0.3 is 10.4 Å². The van der Waals surface area contributed by atoms with Gasteiger partial charge in [0.2, 0.25) is 0 Å². The molecule has 2 rings (SSSR count). The Balaban J connectivity index is 2.36. The second kappa shape index (κ2) is 5.95. The lowest BCUT2D eigenvalue weighted by Crippen LogP contribution is -2.36. The molecule has 0 heterocycles. The van der Waals surface area contributed by atoms with Gasteiger partial charge >= 0.3 is 0 Å². The van der Waals surface area contributed by atoms with Crippen LogP contribution in [0.25, 0.3) is 0 Å². The number of halogens is 2. The fourth-order valence-electron chi connectivity index (χ4n) is 1.99. The van der Waals surface area contributed by atoms with E-state index in [0.717, 1.165) is 15.7 Å². The maximum absolute atomic E-state index is 9.76. The van der Waals surface area contributed by atoms with Crippen molar-refractivity contribution >= 4 is 33.2 Å². The molecule has 0 aromatic heterocycles. The molecule has 2 aromatic rings. The van der Waals surface area contributed by atoms with Crippen LogP contribution < -0.4 is 5.32 Å². The first-order valence-electron chi connectivity index (χ1n) is 5.95. The Morgan fingerprint density at radius 1 is 1.21 bits per heavy atom. The van der Waals surface area contributed by atoms with Crippen LogP contribution in [-0.2, 0) is 5.54 Å². The van der Waals surface area contributed by atoms with Crippen LogP contribution >= 0.6 is 27.5 Å². The van der Waals surface area contributed by atoms with Crippen molar-refractivity contribution in [2.45, 2.75) is 12.5 Å². The maximum Gasteiger partial charge on any atom is 0.0842 e. The Morgan fingerprint density at radius 3 is 2.58 bits per heavy atom. The highest BCUT2D eigenvalue weighted by Gasteiger charge is 2.27. The minimum absolute atomic E-state index is 0.0523. The lowest BCUT2D eigenvalue weighted by molar-refractivity contribution is 0.224. The van der Waals surface area contributed by atoms with Crippen LogP contribution in [0.1, 0.15) is 12.5 Å². The summed E-state index contributed by atoms with van der Waals surface area (Å²) in [5.74, 6) is 0. The molecule has 1 unspecified atom stereocenters. The van der Waals surface area contributed by atoms with Crippen molar-refractivity contribution in [3.8, 4) is 0 Å². The monoisotopic (exact) mass is 339 g/mol. The minimum atomic E-state index is -0.626. The van der Waals surface area contributed by atoms with Crippen LogP contribution in [0.4, 0.5) is 5.69 Å². The van der Waals surface area contributed by atoms with Crippen LogP contribution in [0.5, 0.6) is 0 Å². The Hall–Kier alpha value is -1.03. The second-order valence-corrected chi connectivity index (χ2v) is 5.93. The minimum Gasteiger partial charge on any atom is -0.394 e. The quantitative estimate of drug-likeness (QED) is 0.863. The highest BCUT2D eigenvalue weighted by Crippen LogP contribution is 2.31. The van der Waals surface area contributed by atoms with Gasteiger partial charge in [-0.2, -0.15) is 0 Å². The molecule has 4 heteroatoms. The topological polar surface area (TPSA) is 32.3 Å². The van der Waals surface area contributed by atoms with Gasteiger partial charge in [0, 0.05) is 15.2 Å². The van der Waals surface area contributed by atoms with E-state index in [1.807, 2.05) is 55.5 Å². The normalized spacial score (nSPS) is 13.9. The fourth-order valence-corrected chi connectivity index (χ4v) is 2.73. The van der Waals surface area contributed by atoms with Gasteiger partial charge in [0.15, 0.2) is 0 Å². The van der Waals surface area contributed by atoms with Crippen molar-refractivity contribution in [2.75, 3.05) is 11.9 Å².